The number of carbonyl (C=O) groups excluding carboxylic acids is 1. The van der Waals surface area contributed by atoms with Gasteiger partial charge in [-0.05, 0) is 27.2 Å². The van der Waals surface area contributed by atoms with Crippen LogP contribution in [0.4, 0.5) is 4.79 Å². The molecule has 2 atom stereocenters. The number of nitrogens with one attached hydrogen (secondary N) is 1. The molecule has 0 aromatic heterocycles. The van der Waals surface area contributed by atoms with E-state index in [1.807, 2.05) is 0 Å². The van der Waals surface area contributed by atoms with E-state index in [4.69, 9.17) is 13.1 Å². The van der Waals surface area contributed by atoms with Crippen molar-refractivity contribution in [1.29, 1.82) is 0 Å². The summed E-state index contributed by atoms with van der Waals surface area (Å²) in [6, 6.07) is -0.804. The number of carbonyl (C=O) groups is 1. The molecule has 0 saturated carbocycles. The molecule has 11 heteroatoms. The first-order valence-corrected chi connectivity index (χ1v) is 10.9. The molecule has 0 aromatic rings. The zero-order valence-electron chi connectivity index (χ0n) is 14.9. The fourth-order valence-electron chi connectivity index (χ4n) is 1.68. The third-order valence-electron chi connectivity index (χ3n) is 2.75. The van der Waals surface area contributed by atoms with E-state index in [0.717, 1.165) is 12.5 Å². The van der Waals surface area contributed by atoms with Gasteiger partial charge in [0.2, 0.25) is 0 Å². The molecule has 0 aliphatic heterocycles. The van der Waals surface area contributed by atoms with Gasteiger partial charge in [0.1, 0.15) is 5.60 Å². The van der Waals surface area contributed by atoms with Gasteiger partial charge in [-0.2, -0.15) is 16.8 Å². The molecule has 0 aliphatic rings. The minimum absolute atomic E-state index is 0.219. The minimum atomic E-state index is -3.73. The monoisotopic (exact) mass is 389 g/mol. The van der Waals surface area contributed by atoms with E-state index in [0.29, 0.717) is 6.42 Å². The van der Waals surface area contributed by atoms with Crippen LogP contribution in [0.3, 0.4) is 0 Å². The third kappa shape index (κ3) is 12.5. The SMILES string of the molecule is CC[C@@H](COS(C)(=O)=O)[C@@H](COS(C)(=O)=O)NC(=O)OC(C)(C)C. The summed E-state index contributed by atoms with van der Waals surface area (Å²) in [5.74, 6) is -0.492. The lowest BCUT2D eigenvalue weighted by Crippen LogP contribution is -2.47. The van der Waals surface area contributed by atoms with Crippen LogP contribution in [0.2, 0.25) is 0 Å². The van der Waals surface area contributed by atoms with Crippen molar-refractivity contribution < 1.29 is 34.7 Å². The smallest absolute Gasteiger partial charge is 0.407 e. The molecule has 0 spiro atoms. The summed E-state index contributed by atoms with van der Waals surface area (Å²) in [6.45, 7) is 6.21. The highest BCUT2D eigenvalue weighted by Gasteiger charge is 2.27. The number of alkyl carbamates (subject to hydrolysis) is 1. The van der Waals surface area contributed by atoms with Gasteiger partial charge in [-0.25, -0.2) is 4.79 Å². The zero-order valence-corrected chi connectivity index (χ0v) is 16.5. The number of hydrogen-bond acceptors (Lipinski definition) is 8. The van der Waals surface area contributed by atoms with Crippen LogP contribution < -0.4 is 5.32 Å². The molecular formula is C13H27NO8S2. The van der Waals surface area contributed by atoms with Gasteiger partial charge in [-0.3, -0.25) is 8.37 Å². The molecule has 9 nitrogen and oxygen atoms in total. The summed E-state index contributed by atoms with van der Waals surface area (Å²) in [6.07, 6.45) is 1.44. The van der Waals surface area contributed by atoms with Gasteiger partial charge in [0.15, 0.2) is 0 Å². The predicted octanol–water partition coefficient (Wildman–Crippen LogP) is 0.858. The molecular weight excluding hydrogens is 362 g/mol. The lowest BCUT2D eigenvalue weighted by molar-refractivity contribution is 0.0446. The fourth-order valence-corrected chi connectivity index (χ4v) is 2.50. The quantitative estimate of drug-likeness (QED) is 0.576. The van der Waals surface area contributed by atoms with Gasteiger partial charge in [-0.1, -0.05) is 6.92 Å². The van der Waals surface area contributed by atoms with Crippen molar-refractivity contribution in [3.63, 3.8) is 0 Å². The van der Waals surface area contributed by atoms with Crippen LogP contribution in [-0.2, 0) is 33.3 Å². The van der Waals surface area contributed by atoms with E-state index in [1.165, 1.54) is 0 Å². The molecule has 0 rings (SSSR count). The second kappa shape index (κ2) is 8.97. The van der Waals surface area contributed by atoms with Crippen molar-refractivity contribution in [2.24, 2.45) is 5.92 Å². The van der Waals surface area contributed by atoms with Crippen molar-refractivity contribution in [2.45, 2.75) is 45.8 Å². The van der Waals surface area contributed by atoms with Crippen molar-refractivity contribution in [1.82, 2.24) is 5.32 Å². The minimum Gasteiger partial charge on any atom is -0.444 e. The van der Waals surface area contributed by atoms with Crippen molar-refractivity contribution in [2.75, 3.05) is 25.7 Å². The Hall–Kier alpha value is -0.910. The van der Waals surface area contributed by atoms with E-state index in [1.54, 1.807) is 27.7 Å². The van der Waals surface area contributed by atoms with Crippen molar-refractivity contribution in [3.8, 4) is 0 Å². The molecule has 0 aliphatic carbocycles. The van der Waals surface area contributed by atoms with Gasteiger partial charge in [0, 0.05) is 5.92 Å². The van der Waals surface area contributed by atoms with Crippen LogP contribution in [-0.4, -0.2) is 60.3 Å². The Morgan fingerprint density at radius 2 is 1.46 bits per heavy atom. The topological polar surface area (TPSA) is 125 Å². The molecule has 0 radical (unpaired) electrons. The van der Waals surface area contributed by atoms with Crippen LogP contribution in [0.1, 0.15) is 34.1 Å². The molecule has 1 N–H and O–H groups in total. The van der Waals surface area contributed by atoms with Crippen molar-refractivity contribution >= 4 is 26.3 Å². The molecule has 0 saturated heterocycles. The normalized spacial score (nSPS) is 15.6. The lowest BCUT2D eigenvalue weighted by atomic mass is 9.99. The highest BCUT2D eigenvalue weighted by atomic mass is 32.2. The Labute approximate surface area is 144 Å². The molecule has 24 heavy (non-hydrogen) atoms. The summed E-state index contributed by atoms with van der Waals surface area (Å²) in [5, 5.41) is 2.51. The maximum atomic E-state index is 11.9. The first-order chi connectivity index (χ1) is 10.6. The third-order valence-corrected chi connectivity index (χ3v) is 3.88. The number of hydrogen-bond donors (Lipinski definition) is 1. The summed E-state index contributed by atoms with van der Waals surface area (Å²) in [7, 11) is -7.39. The molecule has 0 bridgehead atoms. The van der Waals surface area contributed by atoms with Gasteiger partial charge in [-0.15, -0.1) is 0 Å². The van der Waals surface area contributed by atoms with Crippen LogP contribution in [0, 0.1) is 5.92 Å². The Bertz CT molecular complexity index is 606. The summed E-state index contributed by atoms with van der Waals surface area (Å²) in [5.41, 5.74) is -0.739. The Morgan fingerprint density at radius 3 is 1.83 bits per heavy atom. The Balaban J connectivity index is 5.09. The van der Waals surface area contributed by atoms with Gasteiger partial charge in [0.25, 0.3) is 20.2 Å². The summed E-state index contributed by atoms with van der Waals surface area (Å²) in [4.78, 5) is 11.9. The summed E-state index contributed by atoms with van der Waals surface area (Å²) < 4.78 is 59.3. The predicted molar refractivity (Wildman–Crippen MR) is 88.5 cm³/mol. The van der Waals surface area contributed by atoms with Crippen LogP contribution in [0.15, 0.2) is 0 Å². The van der Waals surface area contributed by atoms with E-state index in [9.17, 15) is 21.6 Å². The molecule has 0 aromatic carbocycles. The molecule has 1 amide bonds. The average molecular weight is 389 g/mol. The largest absolute Gasteiger partial charge is 0.444 e. The van der Waals surface area contributed by atoms with Crippen molar-refractivity contribution in [3.05, 3.63) is 0 Å². The molecule has 0 heterocycles. The molecule has 0 unspecified atom stereocenters. The summed E-state index contributed by atoms with van der Waals surface area (Å²) >= 11 is 0. The first kappa shape index (κ1) is 23.1. The highest BCUT2D eigenvalue weighted by molar-refractivity contribution is 7.86. The Kier molecular flexibility index (Phi) is 8.63. The van der Waals surface area contributed by atoms with E-state index in [-0.39, 0.29) is 13.2 Å². The average Bonchev–Trinajstić information content (AvgIpc) is 2.31. The van der Waals surface area contributed by atoms with Gasteiger partial charge >= 0.3 is 6.09 Å². The number of rotatable bonds is 9. The number of ether oxygens (including phenoxy) is 1. The highest BCUT2D eigenvalue weighted by Crippen LogP contribution is 2.14. The molecule has 144 valence electrons. The second-order valence-corrected chi connectivity index (χ2v) is 9.69. The maximum absolute atomic E-state index is 11.9. The zero-order chi connectivity index (χ0) is 19.2. The number of amides is 1. The maximum Gasteiger partial charge on any atom is 0.407 e. The second-order valence-electron chi connectivity index (χ2n) is 6.40. The van der Waals surface area contributed by atoms with E-state index < -0.39 is 43.9 Å². The van der Waals surface area contributed by atoms with Crippen LogP contribution in [0.5, 0.6) is 0 Å². The lowest BCUT2D eigenvalue weighted by Gasteiger charge is -2.28. The van der Waals surface area contributed by atoms with E-state index in [2.05, 4.69) is 5.32 Å². The van der Waals surface area contributed by atoms with Crippen LogP contribution in [0.25, 0.3) is 0 Å². The standard InChI is InChI=1S/C13H27NO8S2/c1-7-10(8-20-23(5,16)17)11(9-21-24(6,18)19)14-12(15)22-13(2,3)4/h10-11H,7-9H2,1-6H3,(H,14,15)/t10-,11+/m0/s1. The Morgan fingerprint density at radius 1 is 1.00 bits per heavy atom. The fraction of sp³-hybridized carbons (Fsp3) is 0.923. The van der Waals surface area contributed by atoms with Gasteiger partial charge in [0.05, 0.1) is 31.8 Å². The molecule has 0 fully saturated rings. The first-order valence-electron chi connectivity index (χ1n) is 7.31. The van der Waals surface area contributed by atoms with E-state index >= 15 is 0 Å². The van der Waals surface area contributed by atoms with Crippen LogP contribution >= 0.6 is 0 Å². The van der Waals surface area contributed by atoms with Gasteiger partial charge < -0.3 is 10.1 Å².